The van der Waals surface area contributed by atoms with Gasteiger partial charge in [0, 0.05) is 24.7 Å². The van der Waals surface area contributed by atoms with Crippen molar-refractivity contribution < 1.29 is 4.74 Å². The molecular weight excluding hydrogens is 176 g/mol. The number of ether oxygens (including phenoxy) is 1. The predicted molar refractivity (Wildman–Crippen MR) is 55.7 cm³/mol. The molecule has 3 heteroatoms. The summed E-state index contributed by atoms with van der Waals surface area (Å²) in [5.41, 5.74) is 2.44. The monoisotopic (exact) mass is 192 g/mol. The lowest BCUT2D eigenvalue weighted by molar-refractivity contribution is 0.195. The molecule has 1 aromatic heterocycles. The van der Waals surface area contributed by atoms with E-state index >= 15 is 0 Å². The number of hydrogen-bond donors (Lipinski definition) is 0. The second-order valence-corrected chi connectivity index (χ2v) is 4.49. The van der Waals surface area contributed by atoms with E-state index in [1.165, 1.54) is 5.56 Å². The fraction of sp³-hybridized carbons (Fsp3) is 0.545. The van der Waals surface area contributed by atoms with Gasteiger partial charge in [-0.15, -0.1) is 0 Å². The molecule has 0 amide bonds. The van der Waals surface area contributed by atoms with Gasteiger partial charge in [-0.2, -0.15) is 5.10 Å². The van der Waals surface area contributed by atoms with Gasteiger partial charge in [-0.05, 0) is 12.0 Å². The molecule has 1 aliphatic carbocycles. The Labute approximate surface area is 84.4 Å². The van der Waals surface area contributed by atoms with Crippen LogP contribution in [-0.4, -0.2) is 16.9 Å². The van der Waals surface area contributed by atoms with Crippen molar-refractivity contribution in [3.63, 3.8) is 0 Å². The topological polar surface area (TPSA) is 27.1 Å². The van der Waals surface area contributed by atoms with Gasteiger partial charge < -0.3 is 4.74 Å². The van der Waals surface area contributed by atoms with E-state index in [2.05, 4.69) is 25.1 Å². The lowest BCUT2D eigenvalue weighted by Gasteiger charge is -2.29. The third kappa shape index (κ3) is 1.33. The van der Waals surface area contributed by atoms with Crippen molar-refractivity contribution in [2.24, 2.45) is 12.5 Å². The summed E-state index contributed by atoms with van der Waals surface area (Å²) in [6, 6.07) is 0. The minimum atomic E-state index is 0.0881. The molecule has 0 fully saturated rings. The van der Waals surface area contributed by atoms with E-state index in [9.17, 15) is 0 Å². The van der Waals surface area contributed by atoms with Crippen LogP contribution in [0.3, 0.4) is 0 Å². The van der Waals surface area contributed by atoms with Gasteiger partial charge in [-0.1, -0.05) is 13.8 Å². The second-order valence-electron chi connectivity index (χ2n) is 4.49. The lowest BCUT2D eigenvalue weighted by atomic mass is 9.80. The Balaban J connectivity index is 2.49. The molecule has 0 unspecified atom stereocenters. The summed E-state index contributed by atoms with van der Waals surface area (Å²) in [5, 5.41) is 4.38. The van der Waals surface area contributed by atoms with Crippen LogP contribution in [-0.2, 0) is 18.2 Å². The quantitative estimate of drug-likeness (QED) is 0.680. The smallest absolute Gasteiger partial charge is 0.104 e. The van der Waals surface area contributed by atoms with Crippen LogP contribution in [0, 0.1) is 5.41 Å². The van der Waals surface area contributed by atoms with Gasteiger partial charge in [0.15, 0.2) is 0 Å². The summed E-state index contributed by atoms with van der Waals surface area (Å²) in [6.45, 7) is 4.39. The van der Waals surface area contributed by atoms with Crippen molar-refractivity contribution in [3.8, 4) is 0 Å². The number of rotatable bonds is 1. The average Bonchev–Trinajstić information content (AvgIpc) is 2.40. The zero-order valence-electron chi connectivity index (χ0n) is 9.16. The van der Waals surface area contributed by atoms with Crippen molar-refractivity contribution in [2.75, 3.05) is 7.11 Å². The number of allylic oxidation sites excluding steroid dienone is 1. The van der Waals surface area contributed by atoms with Crippen molar-refractivity contribution in [3.05, 3.63) is 23.2 Å². The molecule has 0 atom stereocenters. The first-order valence-corrected chi connectivity index (χ1v) is 4.81. The molecule has 0 spiro atoms. The van der Waals surface area contributed by atoms with Crippen LogP contribution in [0.15, 0.2) is 12.0 Å². The third-order valence-electron chi connectivity index (χ3n) is 2.72. The summed E-state index contributed by atoms with van der Waals surface area (Å²) >= 11 is 0. The Kier molecular flexibility index (Phi) is 1.91. The first-order valence-electron chi connectivity index (χ1n) is 4.81. The maximum atomic E-state index is 5.38. The number of nitrogens with zero attached hydrogens (tertiary/aromatic N) is 2. The second kappa shape index (κ2) is 2.87. The van der Waals surface area contributed by atoms with Gasteiger partial charge in [0.1, 0.15) is 5.76 Å². The molecule has 0 bridgehead atoms. The summed E-state index contributed by atoms with van der Waals surface area (Å²) in [7, 11) is 3.67. The Morgan fingerprint density at radius 1 is 1.50 bits per heavy atom. The van der Waals surface area contributed by atoms with Crippen LogP contribution in [0.5, 0.6) is 0 Å². The van der Waals surface area contributed by atoms with Crippen LogP contribution >= 0.6 is 0 Å². The Hall–Kier alpha value is -1.25. The molecule has 3 nitrogen and oxygen atoms in total. The van der Waals surface area contributed by atoms with Crippen LogP contribution in [0.25, 0.3) is 6.08 Å². The number of aromatic nitrogens is 2. The van der Waals surface area contributed by atoms with Gasteiger partial charge in [-0.25, -0.2) is 0 Å². The van der Waals surface area contributed by atoms with Crippen molar-refractivity contribution in [1.29, 1.82) is 0 Å². The van der Waals surface area contributed by atoms with E-state index in [1.807, 2.05) is 17.8 Å². The lowest BCUT2D eigenvalue weighted by Crippen LogP contribution is -2.22. The fourth-order valence-corrected chi connectivity index (χ4v) is 2.03. The van der Waals surface area contributed by atoms with E-state index in [-0.39, 0.29) is 5.41 Å². The van der Waals surface area contributed by atoms with E-state index in [4.69, 9.17) is 4.74 Å². The summed E-state index contributed by atoms with van der Waals surface area (Å²) in [5.74, 6) is 1.02. The zero-order valence-corrected chi connectivity index (χ0v) is 9.16. The molecule has 0 radical (unpaired) electrons. The highest BCUT2D eigenvalue weighted by Gasteiger charge is 2.31. The van der Waals surface area contributed by atoms with E-state index in [0.717, 1.165) is 17.9 Å². The highest BCUT2D eigenvalue weighted by atomic mass is 16.5. The van der Waals surface area contributed by atoms with E-state index < -0.39 is 0 Å². The number of hydrogen-bond acceptors (Lipinski definition) is 2. The van der Waals surface area contributed by atoms with Crippen molar-refractivity contribution in [1.82, 2.24) is 9.78 Å². The normalized spacial score (nSPS) is 18.7. The first kappa shape index (κ1) is 9.31. The summed E-state index contributed by atoms with van der Waals surface area (Å²) < 4.78 is 7.24. The molecule has 0 saturated heterocycles. The van der Waals surface area contributed by atoms with Crippen molar-refractivity contribution >= 4 is 6.08 Å². The molecule has 0 N–H and O–H groups in total. The highest BCUT2D eigenvalue weighted by molar-refractivity contribution is 5.55. The van der Waals surface area contributed by atoms with Crippen LogP contribution in [0.1, 0.15) is 25.1 Å². The Morgan fingerprint density at radius 2 is 2.21 bits per heavy atom. The number of fused-ring (bicyclic) bond motifs is 1. The summed E-state index contributed by atoms with van der Waals surface area (Å²) in [4.78, 5) is 0. The molecule has 14 heavy (non-hydrogen) atoms. The van der Waals surface area contributed by atoms with Gasteiger partial charge in [-0.3, -0.25) is 4.68 Å². The van der Waals surface area contributed by atoms with Crippen LogP contribution in [0.4, 0.5) is 0 Å². The molecule has 0 saturated carbocycles. The molecule has 1 heterocycles. The average molecular weight is 192 g/mol. The molecule has 1 aliphatic rings. The van der Waals surface area contributed by atoms with Crippen LogP contribution in [0.2, 0.25) is 0 Å². The fourth-order valence-electron chi connectivity index (χ4n) is 2.03. The third-order valence-corrected chi connectivity index (χ3v) is 2.72. The van der Waals surface area contributed by atoms with Gasteiger partial charge in [0.2, 0.25) is 0 Å². The van der Waals surface area contributed by atoms with Crippen LogP contribution < -0.4 is 0 Å². The molecule has 1 aromatic rings. The standard InChI is InChI=1S/C11H16N2O/c1-11(2)6-8-7-13(3)12-9(8)5-10(11)14-4/h5,7H,6H2,1-4H3. The molecular formula is C11H16N2O. The maximum Gasteiger partial charge on any atom is 0.104 e. The first-order chi connectivity index (χ1) is 6.53. The number of aryl methyl sites for hydroxylation is 1. The maximum absolute atomic E-state index is 5.38. The minimum absolute atomic E-state index is 0.0881. The number of methoxy groups -OCH3 is 1. The molecule has 0 aromatic carbocycles. The summed E-state index contributed by atoms with van der Waals surface area (Å²) in [6.07, 6.45) is 5.12. The SMILES string of the molecule is COC1=Cc2nn(C)cc2CC1(C)C. The largest absolute Gasteiger partial charge is 0.500 e. The highest BCUT2D eigenvalue weighted by Crippen LogP contribution is 2.37. The van der Waals surface area contributed by atoms with Gasteiger partial charge in [0.05, 0.1) is 12.8 Å². The van der Waals surface area contributed by atoms with Gasteiger partial charge in [0.25, 0.3) is 0 Å². The molecule has 2 rings (SSSR count). The zero-order chi connectivity index (χ0) is 10.3. The Morgan fingerprint density at radius 3 is 2.86 bits per heavy atom. The van der Waals surface area contributed by atoms with E-state index in [0.29, 0.717) is 0 Å². The molecule has 0 aliphatic heterocycles. The molecule has 76 valence electrons. The van der Waals surface area contributed by atoms with E-state index in [1.54, 1.807) is 7.11 Å². The Bertz CT molecular complexity index is 388. The minimum Gasteiger partial charge on any atom is -0.500 e. The predicted octanol–water partition coefficient (Wildman–Crippen LogP) is 1.99. The van der Waals surface area contributed by atoms with Crippen molar-refractivity contribution in [2.45, 2.75) is 20.3 Å². The van der Waals surface area contributed by atoms with Gasteiger partial charge >= 0.3 is 0 Å².